The number of aromatic hydroxyl groups is 2. The summed E-state index contributed by atoms with van der Waals surface area (Å²) in [5.41, 5.74) is 1.85. The molecule has 0 fully saturated rings. The smallest absolute Gasteiger partial charge is 0.275 e. The highest BCUT2D eigenvalue weighted by molar-refractivity contribution is 7.71. The molecule has 1 aromatic heterocycles. The lowest BCUT2D eigenvalue weighted by atomic mass is 10.2. The number of aromatic amines is 1. The van der Waals surface area contributed by atoms with Crippen LogP contribution in [0.4, 0.5) is 4.39 Å². The predicted molar refractivity (Wildman–Crippen MR) is 106 cm³/mol. The summed E-state index contributed by atoms with van der Waals surface area (Å²) in [4.78, 5) is 26.6. The van der Waals surface area contributed by atoms with E-state index in [1.165, 1.54) is 41.0 Å². The number of halogens is 1. The fraction of sp³-hybridized carbons (Fsp3) is 0.0526. The Labute approximate surface area is 168 Å². The van der Waals surface area contributed by atoms with Crippen LogP contribution in [0.15, 0.2) is 58.4 Å². The molecule has 1 heterocycles. The monoisotopic (exact) mass is 414 g/mol. The summed E-state index contributed by atoms with van der Waals surface area (Å²) >= 11 is 5.08. The zero-order chi connectivity index (χ0) is 21.0. The molecule has 8 nitrogen and oxygen atoms in total. The molecule has 0 radical (unpaired) electrons. The van der Waals surface area contributed by atoms with E-state index in [-0.39, 0.29) is 28.2 Å². The van der Waals surface area contributed by atoms with E-state index in [0.29, 0.717) is 5.56 Å². The van der Waals surface area contributed by atoms with E-state index < -0.39 is 23.2 Å². The SMILES string of the molecule is O=C(NN=Cc1c(O)n(Cc2ccc(F)cc2)c(=S)[nH]c1=O)c1ccccc1O. The molecule has 0 aliphatic rings. The molecule has 10 heteroatoms. The summed E-state index contributed by atoms with van der Waals surface area (Å²) in [5, 5.41) is 23.8. The zero-order valence-corrected chi connectivity index (χ0v) is 15.6. The van der Waals surface area contributed by atoms with Gasteiger partial charge in [-0.1, -0.05) is 24.3 Å². The molecule has 0 spiro atoms. The van der Waals surface area contributed by atoms with Crippen molar-refractivity contribution in [2.45, 2.75) is 6.54 Å². The largest absolute Gasteiger partial charge is 0.507 e. The van der Waals surface area contributed by atoms with Gasteiger partial charge in [-0.05, 0) is 42.0 Å². The first-order chi connectivity index (χ1) is 13.9. The molecule has 3 aromatic rings. The van der Waals surface area contributed by atoms with Crippen molar-refractivity contribution in [1.82, 2.24) is 15.0 Å². The number of hydrazone groups is 1. The number of amides is 1. The number of aromatic nitrogens is 2. The number of nitrogens with one attached hydrogen (secondary N) is 2. The van der Waals surface area contributed by atoms with Crippen molar-refractivity contribution in [3.8, 4) is 11.6 Å². The summed E-state index contributed by atoms with van der Waals surface area (Å²) in [6.45, 7) is 0.0762. The number of phenols is 1. The fourth-order valence-electron chi connectivity index (χ4n) is 2.49. The summed E-state index contributed by atoms with van der Waals surface area (Å²) in [6, 6.07) is 11.4. The second kappa shape index (κ2) is 8.48. The van der Waals surface area contributed by atoms with Gasteiger partial charge in [0.25, 0.3) is 11.5 Å². The number of carbonyl (C=O) groups is 1. The Morgan fingerprint density at radius 1 is 1.21 bits per heavy atom. The number of carbonyl (C=O) groups excluding carboxylic acids is 1. The van der Waals surface area contributed by atoms with Gasteiger partial charge in [-0.25, -0.2) is 9.82 Å². The molecule has 0 aliphatic heterocycles. The molecule has 1 amide bonds. The van der Waals surface area contributed by atoms with Gasteiger partial charge in [-0.15, -0.1) is 0 Å². The maximum atomic E-state index is 13.1. The van der Waals surface area contributed by atoms with Crippen LogP contribution < -0.4 is 11.0 Å². The van der Waals surface area contributed by atoms with Crippen molar-refractivity contribution < 1.29 is 19.4 Å². The van der Waals surface area contributed by atoms with Gasteiger partial charge in [0.2, 0.25) is 5.88 Å². The number of benzene rings is 2. The molecule has 0 aliphatic carbocycles. The molecule has 2 aromatic carbocycles. The van der Waals surface area contributed by atoms with Crippen molar-refractivity contribution in [1.29, 1.82) is 0 Å². The maximum absolute atomic E-state index is 13.1. The first-order valence-corrected chi connectivity index (χ1v) is 8.69. The molecular formula is C19H15FN4O4S. The fourth-order valence-corrected chi connectivity index (χ4v) is 2.74. The summed E-state index contributed by atoms with van der Waals surface area (Å²) in [5.74, 6) is -1.80. The molecule has 0 unspecified atom stereocenters. The first kappa shape index (κ1) is 20.0. The second-order valence-corrected chi connectivity index (χ2v) is 6.31. The van der Waals surface area contributed by atoms with Crippen LogP contribution in [-0.4, -0.2) is 31.9 Å². The van der Waals surface area contributed by atoms with E-state index in [9.17, 15) is 24.2 Å². The van der Waals surface area contributed by atoms with Gasteiger partial charge < -0.3 is 10.2 Å². The zero-order valence-electron chi connectivity index (χ0n) is 14.8. The molecule has 29 heavy (non-hydrogen) atoms. The second-order valence-electron chi connectivity index (χ2n) is 5.93. The van der Waals surface area contributed by atoms with E-state index in [0.717, 1.165) is 6.21 Å². The Kier molecular flexibility index (Phi) is 5.84. The Morgan fingerprint density at radius 3 is 2.59 bits per heavy atom. The molecule has 0 bridgehead atoms. The molecular weight excluding hydrogens is 399 g/mol. The standard InChI is InChI=1S/C19H15FN4O4S/c20-12-7-5-11(6-8-12)10-24-18(28)14(16(26)22-19(24)29)9-21-23-17(27)13-3-1-2-4-15(13)25/h1-9,25,28H,10H2,(H,23,27)(H,22,26,29). The molecule has 3 rings (SSSR count). The van der Waals surface area contributed by atoms with Crippen LogP contribution in [0.1, 0.15) is 21.5 Å². The maximum Gasteiger partial charge on any atom is 0.275 e. The Hall–Kier alpha value is -3.79. The third-order valence-electron chi connectivity index (χ3n) is 3.97. The minimum Gasteiger partial charge on any atom is -0.507 e. The van der Waals surface area contributed by atoms with Gasteiger partial charge in [0.05, 0.1) is 18.3 Å². The van der Waals surface area contributed by atoms with E-state index in [2.05, 4.69) is 15.5 Å². The highest BCUT2D eigenvalue weighted by atomic mass is 32.1. The number of rotatable bonds is 5. The number of para-hydroxylation sites is 1. The number of hydrogen-bond donors (Lipinski definition) is 4. The number of phenolic OH excluding ortho intramolecular Hbond substituents is 1. The van der Waals surface area contributed by atoms with E-state index in [1.807, 2.05) is 0 Å². The van der Waals surface area contributed by atoms with Crippen LogP contribution in [0.2, 0.25) is 0 Å². The van der Waals surface area contributed by atoms with Crippen molar-refractivity contribution in [3.05, 3.63) is 86.2 Å². The quantitative estimate of drug-likeness (QED) is 0.290. The molecule has 0 saturated heterocycles. The van der Waals surface area contributed by atoms with Crippen molar-refractivity contribution in [3.63, 3.8) is 0 Å². The van der Waals surface area contributed by atoms with Gasteiger partial charge >= 0.3 is 0 Å². The normalized spacial score (nSPS) is 10.9. The van der Waals surface area contributed by atoms with Crippen molar-refractivity contribution in [2.24, 2.45) is 5.10 Å². The van der Waals surface area contributed by atoms with Crippen LogP contribution >= 0.6 is 12.2 Å². The number of hydrogen-bond acceptors (Lipinski definition) is 6. The van der Waals surface area contributed by atoms with Crippen LogP contribution in [0.5, 0.6) is 11.6 Å². The van der Waals surface area contributed by atoms with Gasteiger partial charge in [0.1, 0.15) is 17.1 Å². The highest BCUT2D eigenvalue weighted by Gasteiger charge is 2.13. The third-order valence-corrected chi connectivity index (χ3v) is 4.29. The summed E-state index contributed by atoms with van der Waals surface area (Å²) in [7, 11) is 0. The Bertz CT molecular complexity index is 1200. The Balaban J connectivity index is 1.85. The minimum atomic E-state index is -0.705. The topological polar surface area (TPSA) is 120 Å². The lowest BCUT2D eigenvalue weighted by molar-refractivity contribution is 0.0952. The summed E-state index contributed by atoms with van der Waals surface area (Å²) in [6.07, 6.45) is 0.960. The average molecular weight is 414 g/mol. The van der Waals surface area contributed by atoms with E-state index in [1.54, 1.807) is 12.1 Å². The van der Waals surface area contributed by atoms with Crippen LogP contribution in [0.3, 0.4) is 0 Å². The van der Waals surface area contributed by atoms with Crippen molar-refractivity contribution in [2.75, 3.05) is 0 Å². The molecule has 4 N–H and O–H groups in total. The predicted octanol–water partition coefficient (Wildman–Crippen LogP) is 2.27. The lowest BCUT2D eigenvalue weighted by Gasteiger charge is -2.11. The Morgan fingerprint density at radius 2 is 1.90 bits per heavy atom. The summed E-state index contributed by atoms with van der Waals surface area (Å²) < 4.78 is 14.3. The van der Waals surface area contributed by atoms with E-state index >= 15 is 0 Å². The average Bonchev–Trinajstić information content (AvgIpc) is 2.69. The number of nitrogens with zero attached hydrogens (tertiary/aromatic N) is 2. The first-order valence-electron chi connectivity index (χ1n) is 8.28. The van der Waals surface area contributed by atoms with Gasteiger partial charge in [-0.3, -0.25) is 19.1 Å². The van der Waals surface area contributed by atoms with Crippen LogP contribution in [0.25, 0.3) is 0 Å². The van der Waals surface area contributed by atoms with Gasteiger partial charge in [0, 0.05) is 0 Å². The highest BCUT2D eigenvalue weighted by Crippen LogP contribution is 2.16. The molecule has 148 valence electrons. The van der Waals surface area contributed by atoms with Gasteiger partial charge in [-0.2, -0.15) is 5.10 Å². The van der Waals surface area contributed by atoms with Gasteiger partial charge in [0.15, 0.2) is 4.77 Å². The lowest BCUT2D eigenvalue weighted by Crippen LogP contribution is -2.21. The van der Waals surface area contributed by atoms with Crippen LogP contribution in [-0.2, 0) is 6.54 Å². The molecule has 0 atom stereocenters. The van der Waals surface area contributed by atoms with Crippen molar-refractivity contribution >= 4 is 24.3 Å². The molecule has 0 saturated carbocycles. The third kappa shape index (κ3) is 4.55. The van der Waals surface area contributed by atoms with Crippen LogP contribution in [0, 0.1) is 10.6 Å². The number of H-pyrrole nitrogens is 1. The van der Waals surface area contributed by atoms with E-state index in [4.69, 9.17) is 12.2 Å². The minimum absolute atomic E-state index is 0.00457.